The number of aromatic nitrogens is 1. The molecule has 0 atom stereocenters. The highest BCUT2D eigenvalue weighted by Crippen LogP contribution is 2.44. The molecule has 1 saturated heterocycles. The fourth-order valence-electron chi connectivity index (χ4n) is 4.83. The van der Waals surface area contributed by atoms with Crippen LogP contribution in [0, 0.1) is 11.3 Å². The number of nitrogens with one attached hydrogen (secondary N) is 1. The third-order valence-corrected chi connectivity index (χ3v) is 6.75. The minimum absolute atomic E-state index is 0.0141. The molecule has 0 saturated carbocycles. The van der Waals surface area contributed by atoms with Gasteiger partial charge in [-0.05, 0) is 42.9 Å². The van der Waals surface area contributed by atoms with Crippen LogP contribution in [0.1, 0.15) is 56.9 Å². The van der Waals surface area contributed by atoms with Gasteiger partial charge in [0.25, 0.3) is 5.91 Å². The number of nitriles is 1. The maximum absolute atomic E-state index is 13.5. The normalized spacial score (nSPS) is 17.9. The molecule has 2 heterocycles. The molecule has 6 heteroatoms. The summed E-state index contributed by atoms with van der Waals surface area (Å²) in [5.74, 6) is -0.0286. The lowest BCUT2D eigenvalue weighted by Crippen LogP contribution is -2.47. The number of carbonyl (C=O) groups excluding carboxylic acids is 2. The van der Waals surface area contributed by atoms with Crippen LogP contribution in [-0.2, 0) is 5.41 Å². The Morgan fingerprint density at radius 2 is 1.84 bits per heavy atom. The molecule has 6 nitrogen and oxygen atoms in total. The van der Waals surface area contributed by atoms with Gasteiger partial charge in [-0.2, -0.15) is 5.26 Å². The van der Waals surface area contributed by atoms with Crippen LogP contribution >= 0.6 is 0 Å². The predicted octanol–water partition coefficient (Wildman–Crippen LogP) is 3.30. The summed E-state index contributed by atoms with van der Waals surface area (Å²) < 4.78 is 0. The number of benzene rings is 2. The molecular formula is C25H24N4O2. The molecule has 31 heavy (non-hydrogen) atoms. The summed E-state index contributed by atoms with van der Waals surface area (Å²) >= 11 is 0. The van der Waals surface area contributed by atoms with E-state index in [4.69, 9.17) is 0 Å². The van der Waals surface area contributed by atoms with E-state index >= 15 is 0 Å². The van der Waals surface area contributed by atoms with E-state index < -0.39 is 5.41 Å². The number of fused-ring (bicyclic) bond motifs is 4. The van der Waals surface area contributed by atoms with Gasteiger partial charge in [0.05, 0.1) is 17.2 Å². The summed E-state index contributed by atoms with van der Waals surface area (Å²) in [5.41, 5.74) is 4.46. The largest absolute Gasteiger partial charge is 0.357 e. The van der Waals surface area contributed by atoms with Crippen LogP contribution in [0.5, 0.6) is 0 Å². The highest BCUT2D eigenvalue weighted by atomic mass is 16.2. The number of amides is 1. The van der Waals surface area contributed by atoms with Crippen molar-refractivity contribution in [1.82, 2.24) is 14.8 Å². The van der Waals surface area contributed by atoms with Gasteiger partial charge < -0.3 is 14.8 Å². The minimum atomic E-state index is -0.483. The number of carbonyl (C=O) groups is 2. The third kappa shape index (κ3) is 2.88. The molecule has 0 spiro atoms. The number of ketones is 1. The van der Waals surface area contributed by atoms with Crippen LogP contribution in [0.3, 0.4) is 0 Å². The Morgan fingerprint density at radius 1 is 1.10 bits per heavy atom. The molecule has 156 valence electrons. The van der Waals surface area contributed by atoms with Gasteiger partial charge in [-0.3, -0.25) is 9.59 Å². The van der Waals surface area contributed by atoms with Crippen LogP contribution in [0.4, 0.5) is 0 Å². The number of H-pyrrole nitrogens is 1. The van der Waals surface area contributed by atoms with Gasteiger partial charge in [0, 0.05) is 59.3 Å². The zero-order valence-corrected chi connectivity index (χ0v) is 18.0. The summed E-state index contributed by atoms with van der Waals surface area (Å²) in [5, 5.41) is 10.1. The van der Waals surface area contributed by atoms with Crippen LogP contribution < -0.4 is 0 Å². The fourth-order valence-corrected chi connectivity index (χ4v) is 4.83. The average molecular weight is 412 g/mol. The molecule has 3 aromatic rings. The van der Waals surface area contributed by atoms with E-state index in [-0.39, 0.29) is 11.7 Å². The Bertz CT molecular complexity index is 1290. The smallest absolute Gasteiger partial charge is 0.253 e. The van der Waals surface area contributed by atoms with Crippen molar-refractivity contribution in [3.05, 3.63) is 69.9 Å². The van der Waals surface area contributed by atoms with Crippen LogP contribution in [-0.4, -0.2) is 59.7 Å². The summed E-state index contributed by atoms with van der Waals surface area (Å²) in [4.78, 5) is 34.1. The molecule has 5 rings (SSSR count). The first kappa shape index (κ1) is 19.5. The van der Waals surface area contributed by atoms with E-state index in [9.17, 15) is 14.9 Å². The number of aromatic amines is 1. The lowest BCUT2D eigenvalue weighted by molar-refractivity contribution is 0.0663. The van der Waals surface area contributed by atoms with Crippen molar-refractivity contribution in [1.29, 1.82) is 5.26 Å². The van der Waals surface area contributed by atoms with E-state index in [1.807, 2.05) is 17.0 Å². The van der Waals surface area contributed by atoms with Gasteiger partial charge in [-0.25, -0.2) is 0 Å². The molecule has 0 radical (unpaired) electrons. The quantitative estimate of drug-likeness (QED) is 0.665. The number of hydrogen-bond acceptors (Lipinski definition) is 4. The maximum Gasteiger partial charge on any atom is 0.253 e. The van der Waals surface area contributed by atoms with Crippen molar-refractivity contribution in [2.24, 2.45) is 0 Å². The summed E-state index contributed by atoms with van der Waals surface area (Å²) in [6, 6.07) is 13.0. The Balaban J connectivity index is 1.60. The fraction of sp³-hybridized carbons (Fsp3) is 0.320. The molecule has 2 aromatic carbocycles. The topological polar surface area (TPSA) is 80.2 Å². The van der Waals surface area contributed by atoms with Gasteiger partial charge in [0.15, 0.2) is 5.78 Å². The standard InChI is InChI=1S/C25H24N4O2/c1-25(2)19-13-16(24(31)29-10-8-28(3)9-11-29)5-7-17(19)22(30)21-18-6-4-15(14-26)12-20(18)27-23(21)25/h4-7,12-13,27H,8-11H2,1-3H3. The van der Waals surface area contributed by atoms with E-state index in [0.717, 1.165) is 35.2 Å². The highest BCUT2D eigenvalue weighted by molar-refractivity contribution is 6.20. The van der Waals surface area contributed by atoms with Crippen molar-refractivity contribution in [2.75, 3.05) is 33.2 Å². The molecule has 2 aliphatic rings. The molecule has 1 N–H and O–H groups in total. The molecular weight excluding hydrogens is 388 g/mol. The zero-order valence-electron chi connectivity index (χ0n) is 18.0. The van der Waals surface area contributed by atoms with E-state index in [1.165, 1.54) is 0 Å². The summed E-state index contributed by atoms with van der Waals surface area (Å²) in [6.45, 7) is 7.29. The molecule has 1 aliphatic heterocycles. The molecule has 0 unspecified atom stereocenters. The minimum Gasteiger partial charge on any atom is -0.357 e. The van der Waals surface area contributed by atoms with E-state index in [2.05, 4.69) is 36.8 Å². The Hall–Kier alpha value is -3.43. The Kier molecular flexibility index (Phi) is 4.28. The summed E-state index contributed by atoms with van der Waals surface area (Å²) in [6.07, 6.45) is 0. The van der Waals surface area contributed by atoms with Gasteiger partial charge in [0.2, 0.25) is 0 Å². The summed E-state index contributed by atoms with van der Waals surface area (Å²) in [7, 11) is 2.06. The second-order valence-electron chi connectivity index (χ2n) is 9.06. The molecule has 1 amide bonds. The predicted molar refractivity (Wildman–Crippen MR) is 118 cm³/mol. The molecule has 1 aliphatic carbocycles. The second kappa shape index (κ2) is 6.79. The maximum atomic E-state index is 13.5. The average Bonchev–Trinajstić information content (AvgIpc) is 3.17. The number of rotatable bonds is 1. The van der Waals surface area contributed by atoms with Crippen molar-refractivity contribution in [3.63, 3.8) is 0 Å². The lowest BCUT2D eigenvalue weighted by Gasteiger charge is -2.34. The first-order chi connectivity index (χ1) is 14.8. The molecule has 1 aromatic heterocycles. The van der Waals surface area contributed by atoms with Crippen LogP contribution in [0.15, 0.2) is 36.4 Å². The highest BCUT2D eigenvalue weighted by Gasteiger charge is 2.40. The van der Waals surface area contributed by atoms with Gasteiger partial charge in [0.1, 0.15) is 0 Å². The van der Waals surface area contributed by atoms with Crippen LogP contribution in [0.2, 0.25) is 0 Å². The SMILES string of the molecule is CN1CCN(C(=O)c2ccc3c(c2)C(C)(C)c2[nH]c4cc(C#N)ccc4c2C3=O)CC1. The monoisotopic (exact) mass is 412 g/mol. The van der Waals surface area contributed by atoms with Crippen molar-refractivity contribution < 1.29 is 9.59 Å². The Morgan fingerprint density at radius 3 is 2.55 bits per heavy atom. The number of nitrogens with zero attached hydrogens (tertiary/aromatic N) is 3. The van der Waals surface area contributed by atoms with Gasteiger partial charge >= 0.3 is 0 Å². The van der Waals surface area contributed by atoms with E-state index in [0.29, 0.717) is 35.3 Å². The number of piperazine rings is 1. The van der Waals surface area contributed by atoms with Crippen molar-refractivity contribution in [3.8, 4) is 6.07 Å². The first-order valence-corrected chi connectivity index (χ1v) is 10.5. The molecule has 0 bridgehead atoms. The molecule has 1 fully saturated rings. The lowest BCUT2D eigenvalue weighted by atomic mass is 9.71. The van der Waals surface area contributed by atoms with Crippen LogP contribution in [0.25, 0.3) is 10.9 Å². The number of hydrogen-bond donors (Lipinski definition) is 1. The van der Waals surface area contributed by atoms with E-state index in [1.54, 1.807) is 24.3 Å². The zero-order chi connectivity index (χ0) is 21.9. The second-order valence-corrected chi connectivity index (χ2v) is 9.06. The Labute approximate surface area is 181 Å². The van der Waals surface area contributed by atoms with Gasteiger partial charge in [-0.1, -0.05) is 19.9 Å². The third-order valence-electron chi connectivity index (χ3n) is 6.75. The number of likely N-dealkylation sites (N-methyl/N-ethyl adjacent to an activating group) is 1. The van der Waals surface area contributed by atoms with Crippen molar-refractivity contribution >= 4 is 22.6 Å². The van der Waals surface area contributed by atoms with Crippen molar-refractivity contribution in [2.45, 2.75) is 19.3 Å². The first-order valence-electron chi connectivity index (χ1n) is 10.5. The van der Waals surface area contributed by atoms with Gasteiger partial charge in [-0.15, -0.1) is 0 Å².